The number of carbonyl (C=O) groups is 3. The number of rotatable bonds is 8. The van der Waals surface area contributed by atoms with Crippen molar-refractivity contribution < 1.29 is 34.1 Å². The number of carboxylic acids is 2. The largest absolute Gasteiger partial charge is 0.493 e. The Kier molecular flexibility index (Phi) is 7.62. The molecule has 0 atom stereocenters. The van der Waals surface area contributed by atoms with Crippen LogP contribution in [0.25, 0.3) is 6.08 Å². The molecule has 0 aromatic heterocycles. The van der Waals surface area contributed by atoms with Gasteiger partial charge in [0.2, 0.25) is 0 Å². The van der Waals surface area contributed by atoms with Crippen LogP contribution in [0.5, 0.6) is 11.5 Å². The van der Waals surface area contributed by atoms with Crippen molar-refractivity contribution >= 4 is 58.1 Å². The Hall–Kier alpha value is -3.50. The van der Waals surface area contributed by atoms with E-state index in [4.69, 9.17) is 31.3 Å². The van der Waals surface area contributed by atoms with Gasteiger partial charge < -0.3 is 19.7 Å². The van der Waals surface area contributed by atoms with Crippen LogP contribution in [-0.4, -0.2) is 58.4 Å². The maximum Gasteiger partial charge on any atom is 0.341 e. The Bertz CT molecular complexity index is 1160. The summed E-state index contributed by atoms with van der Waals surface area (Å²) in [7, 11) is 1.39. The van der Waals surface area contributed by atoms with Crippen LogP contribution in [0.4, 0.5) is 5.69 Å². The maximum atomic E-state index is 12.9. The number of likely N-dealkylation sites (N-methyl/N-ethyl adjacent to an activating group) is 1. The van der Waals surface area contributed by atoms with Gasteiger partial charge in [-0.15, -0.1) is 0 Å². The number of hydrogen-bond acceptors (Lipinski definition) is 7. The Morgan fingerprint density at radius 2 is 1.91 bits per heavy atom. The first-order chi connectivity index (χ1) is 15.7. The lowest BCUT2D eigenvalue weighted by molar-refractivity contribution is -0.139. The molecule has 2 aromatic rings. The van der Waals surface area contributed by atoms with E-state index < -0.39 is 18.5 Å². The highest BCUT2D eigenvalue weighted by Crippen LogP contribution is 2.39. The van der Waals surface area contributed by atoms with Gasteiger partial charge in [-0.2, -0.15) is 0 Å². The first-order valence-corrected chi connectivity index (χ1v) is 10.8. The summed E-state index contributed by atoms with van der Waals surface area (Å²) in [6.07, 6.45) is 1.63. The number of aliphatic carboxylic acids is 1. The molecule has 1 saturated heterocycles. The lowest BCUT2D eigenvalue weighted by Crippen LogP contribution is -2.28. The fourth-order valence-electron chi connectivity index (χ4n) is 2.91. The standard InChI is InChI=1S/C22H19ClN2O7S/c1-3-25-20(28)17(33-22(25)24-14-6-4-13(5-7-14)21(29)30)10-12-8-15(23)19(16(9-12)31-2)32-11-18(26)27/h4-10H,3,11H2,1-2H3,(H,26,27)(H,29,30). The normalized spacial score (nSPS) is 15.8. The number of methoxy groups -OCH3 is 1. The van der Waals surface area contributed by atoms with Crippen LogP contribution in [0.3, 0.4) is 0 Å². The summed E-state index contributed by atoms with van der Waals surface area (Å²) >= 11 is 7.42. The van der Waals surface area contributed by atoms with E-state index in [1.54, 1.807) is 24.3 Å². The van der Waals surface area contributed by atoms with E-state index in [1.165, 1.54) is 42.0 Å². The van der Waals surface area contributed by atoms with Crippen LogP contribution in [-0.2, 0) is 9.59 Å². The number of aromatic carboxylic acids is 1. The number of halogens is 1. The average Bonchev–Trinajstić information content (AvgIpc) is 3.06. The second kappa shape index (κ2) is 10.4. The third kappa shape index (κ3) is 5.65. The predicted octanol–water partition coefficient (Wildman–Crippen LogP) is 4.13. The molecular formula is C22H19ClN2O7S. The van der Waals surface area contributed by atoms with Crippen molar-refractivity contribution in [1.29, 1.82) is 0 Å². The summed E-state index contributed by atoms with van der Waals surface area (Å²) in [6.45, 7) is 1.63. The van der Waals surface area contributed by atoms with Crippen LogP contribution >= 0.6 is 23.4 Å². The number of carbonyl (C=O) groups excluding carboxylic acids is 1. The van der Waals surface area contributed by atoms with E-state index in [2.05, 4.69) is 4.99 Å². The van der Waals surface area contributed by atoms with E-state index in [0.29, 0.717) is 27.9 Å². The number of hydrogen-bond donors (Lipinski definition) is 2. The third-order valence-electron chi connectivity index (χ3n) is 4.43. The fourth-order valence-corrected chi connectivity index (χ4v) is 4.24. The van der Waals surface area contributed by atoms with Gasteiger partial charge in [0.15, 0.2) is 23.3 Å². The number of nitrogens with zero attached hydrogens (tertiary/aromatic N) is 2. The minimum Gasteiger partial charge on any atom is -0.493 e. The van der Waals surface area contributed by atoms with E-state index in [0.717, 1.165) is 0 Å². The molecule has 1 amide bonds. The van der Waals surface area contributed by atoms with Crippen molar-refractivity contribution in [3.8, 4) is 11.5 Å². The van der Waals surface area contributed by atoms with Crippen molar-refractivity contribution in [2.24, 2.45) is 4.99 Å². The van der Waals surface area contributed by atoms with Crippen LogP contribution in [0.1, 0.15) is 22.8 Å². The number of ether oxygens (including phenoxy) is 2. The SMILES string of the molecule is CCN1C(=O)C(=Cc2cc(Cl)c(OCC(=O)O)c(OC)c2)SC1=Nc1ccc(C(=O)O)cc1. The summed E-state index contributed by atoms with van der Waals surface area (Å²) in [5.41, 5.74) is 1.21. The molecule has 11 heteroatoms. The molecule has 0 bridgehead atoms. The molecule has 172 valence electrons. The van der Waals surface area contributed by atoms with Gasteiger partial charge in [-0.05, 0) is 66.7 Å². The molecule has 33 heavy (non-hydrogen) atoms. The Morgan fingerprint density at radius 1 is 1.21 bits per heavy atom. The molecule has 0 radical (unpaired) electrons. The first-order valence-electron chi connectivity index (χ1n) is 9.59. The molecule has 1 heterocycles. The molecule has 0 spiro atoms. The number of aliphatic imine (C=N–C) groups is 1. The van der Waals surface area contributed by atoms with Crippen LogP contribution in [0, 0.1) is 0 Å². The van der Waals surface area contributed by atoms with Crippen molar-refractivity contribution in [3.63, 3.8) is 0 Å². The van der Waals surface area contributed by atoms with Crippen molar-refractivity contribution in [3.05, 3.63) is 57.5 Å². The van der Waals surface area contributed by atoms with Crippen molar-refractivity contribution in [2.75, 3.05) is 20.3 Å². The number of carboxylic acid groups (broad SMARTS) is 2. The zero-order valence-corrected chi connectivity index (χ0v) is 19.1. The molecule has 2 aromatic carbocycles. The highest BCUT2D eigenvalue weighted by Gasteiger charge is 2.32. The molecule has 2 N–H and O–H groups in total. The van der Waals surface area contributed by atoms with Gasteiger partial charge >= 0.3 is 11.9 Å². The van der Waals surface area contributed by atoms with Gasteiger partial charge in [0.1, 0.15) is 0 Å². The van der Waals surface area contributed by atoms with Crippen molar-refractivity contribution in [2.45, 2.75) is 6.92 Å². The highest BCUT2D eigenvalue weighted by atomic mass is 35.5. The molecule has 1 aliphatic heterocycles. The number of amides is 1. The Morgan fingerprint density at radius 3 is 2.48 bits per heavy atom. The number of amidine groups is 1. The maximum absolute atomic E-state index is 12.9. The molecule has 3 rings (SSSR count). The van der Waals surface area contributed by atoms with Gasteiger partial charge in [0.25, 0.3) is 5.91 Å². The minimum atomic E-state index is -1.16. The monoisotopic (exact) mass is 490 g/mol. The van der Waals surface area contributed by atoms with E-state index in [1.807, 2.05) is 6.92 Å². The van der Waals surface area contributed by atoms with Crippen LogP contribution in [0.2, 0.25) is 5.02 Å². The van der Waals surface area contributed by atoms with Gasteiger partial charge in [-0.1, -0.05) is 11.6 Å². The lowest BCUT2D eigenvalue weighted by atomic mass is 10.1. The summed E-state index contributed by atoms with van der Waals surface area (Å²) in [5, 5.41) is 18.4. The molecule has 9 nitrogen and oxygen atoms in total. The zero-order chi connectivity index (χ0) is 24.1. The van der Waals surface area contributed by atoms with Gasteiger partial charge in [-0.25, -0.2) is 14.6 Å². The van der Waals surface area contributed by atoms with Crippen molar-refractivity contribution in [1.82, 2.24) is 4.90 Å². The quantitative estimate of drug-likeness (QED) is 0.529. The summed E-state index contributed by atoms with van der Waals surface area (Å²) in [6, 6.07) is 9.14. The number of benzene rings is 2. The molecule has 1 fully saturated rings. The predicted molar refractivity (Wildman–Crippen MR) is 125 cm³/mol. The topological polar surface area (TPSA) is 126 Å². The van der Waals surface area contributed by atoms with E-state index in [9.17, 15) is 14.4 Å². The van der Waals surface area contributed by atoms with E-state index in [-0.39, 0.29) is 28.0 Å². The van der Waals surface area contributed by atoms with Gasteiger partial charge in [-0.3, -0.25) is 9.69 Å². The second-order valence-electron chi connectivity index (χ2n) is 6.62. The summed E-state index contributed by atoms with van der Waals surface area (Å²) in [5.74, 6) is -2.11. The van der Waals surface area contributed by atoms with Gasteiger partial charge in [0.05, 0.1) is 28.3 Å². The molecular weight excluding hydrogens is 472 g/mol. The zero-order valence-electron chi connectivity index (χ0n) is 17.6. The van der Waals surface area contributed by atoms with Gasteiger partial charge in [0, 0.05) is 6.54 Å². The molecule has 0 unspecified atom stereocenters. The lowest BCUT2D eigenvalue weighted by Gasteiger charge is -2.12. The number of thioether (sulfide) groups is 1. The van der Waals surface area contributed by atoms with Crippen LogP contribution < -0.4 is 9.47 Å². The Balaban J connectivity index is 1.91. The second-order valence-corrected chi connectivity index (χ2v) is 8.04. The summed E-state index contributed by atoms with van der Waals surface area (Å²) < 4.78 is 10.5. The summed E-state index contributed by atoms with van der Waals surface area (Å²) in [4.78, 5) is 41.1. The smallest absolute Gasteiger partial charge is 0.341 e. The molecule has 0 saturated carbocycles. The van der Waals surface area contributed by atoms with Crippen LogP contribution in [0.15, 0.2) is 46.3 Å². The minimum absolute atomic E-state index is 0.0939. The Labute approximate surface area is 198 Å². The molecule has 0 aliphatic carbocycles. The average molecular weight is 491 g/mol. The molecule has 1 aliphatic rings. The van der Waals surface area contributed by atoms with E-state index >= 15 is 0 Å². The third-order valence-corrected chi connectivity index (χ3v) is 5.72. The highest BCUT2D eigenvalue weighted by molar-refractivity contribution is 8.18. The fraction of sp³-hybridized carbons (Fsp3) is 0.182. The first kappa shape index (κ1) is 24.1.